The van der Waals surface area contributed by atoms with E-state index in [1.807, 2.05) is 31.6 Å². The lowest BCUT2D eigenvalue weighted by atomic mass is 10.1. The average molecular weight is 267 g/mol. The molecule has 1 aromatic rings. The summed E-state index contributed by atoms with van der Waals surface area (Å²) < 4.78 is 1.87. The molecule has 0 N–H and O–H groups in total. The van der Waals surface area contributed by atoms with E-state index >= 15 is 0 Å². The number of hydrogen-bond acceptors (Lipinski definition) is 4. The van der Waals surface area contributed by atoms with E-state index < -0.39 is 0 Å². The van der Waals surface area contributed by atoms with Crippen molar-refractivity contribution in [1.29, 1.82) is 0 Å². The normalized spacial score (nSPS) is 19.3. The standard InChI is InChI=1S/C12H17N3O2S/c1-7(2)14-6-8(3)15-9(11(14)17)5-10(16)13-12(15)18-4/h5,7-8H,6H2,1-4H3/t8-/m0/s1. The highest BCUT2D eigenvalue weighted by atomic mass is 32.2. The number of amides is 1. The van der Waals surface area contributed by atoms with E-state index in [9.17, 15) is 9.59 Å². The summed E-state index contributed by atoms with van der Waals surface area (Å²) in [7, 11) is 0. The van der Waals surface area contributed by atoms with E-state index in [-0.39, 0.29) is 23.6 Å². The highest BCUT2D eigenvalue weighted by Crippen LogP contribution is 2.26. The Morgan fingerprint density at radius 3 is 2.67 bits per heavy atom. The van der Waals surface area contributed by atoms with Crippen LogP contribution in [-0.4, -0.2) is 39.2 Å². The first kappa shape index (κ1) is 13.1. The van der Waals surface area contributed by atoms with Crippen molar-refractivity contribution in [1.82, 2.24) is 14.5 Å². The Hall–Kier alpha value is -1.30. The first-order valence-electron chi connectivity index (χ1n) is 5.94. The van der Waals surface area contributed by atoms with E-state index in [0.29, 0.717) is 17.4 Å². The van der Waals surface area contributed by atoms with Gasteiger partial charge in [-0.25, -0.2) is 0 Å². The molecule has 0 unspecified atom stereocenters. The van der Waals surface area contributed by atoms with Gasteiger partial charge < -0.3 is 9.47 Å². The predicted octanol–water partition coefficient (Wildman–Crippen LogP) is 1.39. The smallest absolute Gasteiger partial charge is 0.274 e. The summed E-state index contributed by atoms with van der Waals surface area (Å²) >= 11 is 1.39. The van der Waals surface area contributed by atoms with Crippen LogP contribution < -0.4 is 5.56 Å². The summed E-state index contributed by atoms with van der Waals surface area (Å²) in [6.07, 6.45) is 1.86. The van der Waals surface area contributed by atoms with Crippen molar-refractivity contribution < 1.29 is 4.79 Å². The summed E-state index contributed by atoms with van der Waals surface area (Å²) in [5.41, 5.74) is 0.101. The fourth-order valence-electron chi connectivity index (χ4n) is 2.25. The molecule has 0 spiro atoms. The van der Waals surface area contributed by atoms with Crippen LogP contribution in [0.5, 0.6) is 0 Å². The molecule has 0 bridgehead atoms. The fourth-order valence-corrected chi connectivity index (χ4v) is 2.90. The van der Waals surface area contributed by atoms with E-state index in [1.165, 1.54) is 17.8 Å². The highest BCUT2D eigenvalue weighted by Gasteiger charge is 2.31. The van der Waals surface area contributed by atoms with Crippen LogP contribution in [0.15, 0.2) is 16.0 Å². The molecule has 0 aromatic carbocycles. The fraction of sp³-hybridized carbons (Fsp3) is 0.583. The van der Waals surface area contributed by atoms with Gasteiger partial charge in [-0.05, 0) is 27.0 Å². The molecule has 2 rings (SSSR count). The van der Waals surface area contributed by atoms with Crippen LogP contribution in [-0.2, 0) is 0 Å². The molecule has 1 amide bonds. The van der Waals surface area contributed by atoms with Crippen molar-refractivity contribution in [3.63, 3.8) is 0 Å². The second-order valence-corrected chi connectivity index (χ2v) is 5.51. The summed E-state index contributed by atoms with van der Waals surface area (Å²) in [5, 5.41) is 0.613. The van der Waals surface area contributed by atoms with Gasteiger partial charge in [0.25, 0.3) is 11.5 Å². The van der Waals surface area contributed by atoms with Crippen LogP contribution >= 0.6 is 11.8 Å². The third-order valence-corrected chi connectivity index (χ3v) is 3.77. The van der Waals surface area contributed by atoms with Crippen LogP contribution in [0.3, 0.4) is 0 Å². The number of thioether (sulfide) groups is 1. The zero-order valence-electron chi connectivity index (χ0n) is 11.0. The van der Waals surface area contributed by atoms with Gasteiger partial charge in [-0.1, -0.05) is 11.8 Å². The lowest BCUT2D eigenvalue weighted by molar-refractivity contribution is 0.0602. The van der Waals surface area contributed by atoms with E-state index in [0.717, 1.165) is 0 Å². The number of carbonyl (C=O) groups excluding carboxylic acids is 1. The van der Waals surface area contributed by atoms with E-state index in [1.54, 1.807) is 4.90 Å². The second-order valence-electron chi connectivity index (χ2n) is 4.74. The van der Waals surface area contributed by atoms with Crippen LogP contribution in [0, 0.1) is 0 Å². The van der Waals surface area contributed by atoms with Crippen molar-refractivity contribution in [2.45, 2.75) is 38.0 Å². The van der Waals surface area contributed by atoms with Crippen LogP contribution in [0.4, 0.5) is 0 Å². The second kappa shape index (κ2) is 4.76. The van der Waals surface area contributed by atoms with Gasteiger partial charge in [0.2, 0.25) is 0 Å². The minimum atomic E-state index is -0.350. The van der Waals surface area contributed by atoms with E-state index in [2.05, 4.69) is 4.98 Å². The largest absolute Gasteiger partial charge is 0.333 e. The van der Waals surface area contributed by atoms with Crippen molar-refractivity contribution in [3.8, 4) is 0 Å². The summed E-state index contributed by atoms with van der Waals surface area (Å²) in [6.45, 7) is 6.66. The van der Waals surface area contributed by atoms with Gasteiger partial charge in [0.1, 0.15) is 5.69 Å². The third-order valence-electron chi connectivity index (χ3n) is 3.12. The van der Waals surface area contributed by atoms with Gasteiger partial charge in [-0.3, -0.25) is 9.59 Å². The Morgan fingerprint density at radius 2 is 2.11 bits per heavy atom. The van der Waals surface area contributed by atoms with Crippen molar-refractivity contribution >= 4 is 17.7 Å². The van der Waals surface area contributed by atoms with Gasteiger partial charge in [0, 0.05) is 18.7 Å². The number of rotatable bonds is 2. The van der Waals surface area contributed by atoms with Gasteiger partial charge in [0.15, 0.2) is 5.16 Å². The number of hydrogen-bond donors (Lipinski definition) is 0. The lowest BCUT2D eigenvalue weighted by Crippen LogP contribution is -2.47. The number of carbonyl (C=O) groups is 1. The molecule has 0 saturated carbocycles. The minimum absolute atomic E-state index is 0.0853. The molecule has 18 heavy (non-hydrogen) atoms. The summed E-state index contributed by atoms with van der Waals surface area (Å²) in [4.78, 5) is 29.6. The van der Waals surface area contributed by atoms with E-state index in [4.69, 9.17) is 0 Å². The molecule has 0 fully saturated rings. The molecule has 1 aromatic heterocycles. The van der Waals surface area contributed by atoms with Crippen LogP contribution in [0.2, 0.25) is 0 Å². The molecule has 0 saturated heterocycles. The van der Waals surface area contributed by atoms with Crippen LogP contribution in [0.25, 0.3) is 0 Å². The van der Waals surface area contributed by atoms with Gasteiger partial charge >= 0.3 is 0 Å². The van der Waals surface area contributed by atoms with Gasteiger partial charge in [-0.2, -0.15) is 4.98 Å². The predicted molar refractivity (Wildman–Crippen MR) is 71.2 cm³/mol. The Labute approximate surface area is 110 Å². The molecule has 1 aliphatic rings. The number of fused-ring (bicyclic) bond motifs is 1. The van der Waals surface area contributed by atoms with Crippen molar-refractivity contribution in [3.05, 3.63) is 22.1 Å². The Morgan fingerprint density at radius 1 is 1.44 bits per heavy atom. The third kappa shape index (κ3) is 2.05. The maximum absolute atomic E-state index is 12.4. The molecule has 0 radical (unpaired) electrons. The monoisotopic (exact) mass is 267 g/mol. The van der Waals surface area contributed by atoms with Gasteiger partial charge in [-0.15, -0.1) is 0 Å². The maximum Gasteiger partial charge on any atom is 0.274 e. The molecule has 5 nitrogen and oxygen atoms in total. The first-order valence-corrected chi connectivity index (χ1v) is 7.16. The lowest BCUT2D eigenvalue weighted by Gasteiger charge is -2.37. The number of nitrogens with zero attached hydrogens (tertiary/aromatic N) is 3. The quantitative estimate of drug-likeness (QED) is 0.600. The van der Waals surface area contributed by atoms with Gasteiger partial charge in [0.05, 0.1) is 6.04 Å². The van der Waals surface area contributed by atoms with Crippen LogP contribution in [0.1, 0.15) is 37.3 Å². The zero-order valence-corrected chi connectivity index (χ0v) is 11.8. The number of aromatic nitrogens is 2. The minimum Gasteiger partial charge on any atom is -0.333 e. The average Bonchev–Trinajstić information content (AvgIpc) is 2.32. The molecule has 98 valence electrons. The Kier molecular flexibility index (Phi) is 3.47. The molecule has 6 heteroatoms. The molecular weight excluding hydrogens is 250 g/mol. The molecule has 2 heterocycles. The Balaban J connectivity index is 2.62. The van der Waals surface area contributed by atoms with Crippen molar-refractivity contribution in [2.75, 3.05) is 12.8 Å². The topological polar surface area (TPSA) is 55.2 Å². The SMILES string of the molecule is CSc1nc(=O)cc2n1[C@@H](C)CN(C(C)C)C2=O. The summed E-state index contributed by atoms with van der Waals surface area (Å²) in [6, 6.07) is 1.61. The maximum atomic E-state index is 12.4. The molecule has 0 aliphatic carbocycles. The molecular formula is C12H17N3O2S. The Bertz CT molecular complexity index is 539. The molecule has 1 aliphatic heterocycles. The zero-order chi connectivity index (χ0) is 13.4. The molecule has 1 atom stereocenters. The summed E-state index contributed by atoms with van der Waals surface area (Å²) in [5.74, 6) is -0.0853. The van der Waals surface area contributed by atoms with Crippen molar-refractivity contribution in [2.24, 2.45) is 0 Å². The first-order chi connectivity index (χ1) is 8.45. The highest BCUT2D eigenvalue weighted by molar-refractivity contribution is 7.98.